The lowest BCUT2D eigenvalue weighted by Gasteiger charge is -2.31. The number of primary amides is 1. The monoisotopic (exact) mass is 1810 g/mol. The van der Waals surface area contributed by atoms with Crippen molar-refractivity contribution in [3.63, 3.8) is 0 Å². The quantitative estimate of drug-likeness (QED) is 0.00839. The van der Waals surface area contributed by atoms with Gasteiger partial charge in [0.15, 0.2) is 11.9 Å². The summed E-state index contributed by atoms with van der Waals surface area (Å²) >= 11 is 6.48. The summed E-state index contributed by atoms with van der Waals surface area (Å²) in [5.74, 6) is -12.8. The van der Waals surface area contributed by atoms with E-state index in [0.29, 0.717) is 80.6 Å². The highest BCUT2D eigenvalue weighted by Gasteiger charge is 2.37. The summed E-state index contributed by atoms with van der Waals surface area (Å²) in [7, 11) is 0. The van der Waals surface area contributed by atoms with E-state index >= 15 is 24.0 Å². The molecule has 12 amide bonds. The van der Waals surface area contributed by atoms with Gasteiger partial charge < -0.3 is 95.9 Å². The fourth-order valence-electron chi connectivity index (χ4n) is 15.1. The molecule has 4 aromatic heterocycles. The molecule has 7 atom stereocenters. The van der Waals surface area contributed by atoms with Crippen molar-refractivity contribution >= 4 is 138 Å². The molecule has 688 valence electrons. The number of aromatic amines is 3. The molecule has 10 rings (SSSR count). The van der Waals surface area contributed by atoms with E-state index in [1.165, 1.54) is 68.4 Å². The molecule has 4 heterocycles. The summed E-state index contributed by atoms with van der Waals surface area (Å²) in [4.78, 5) is 268. The van der Waals surface area contributed by atoms with Crippen molar-refractivity contribution in [1.82, 2.24) is 102 Å². The molecular weight excluding hydrogens is 1710 g/mol. The van der Waals surface area contributed by atoms with E-state index in [4.69, 9.17) is 39.6 Å². The zero-order valence-corrected chi connectivity index (χ0v) is 72.0. The van der Waals surface area contributed by atoms with Crippen LogP contribution in [0.25, 0.3) is 43.6 Å². The normalized spacial score (nSPS) is 13.6. The van der Waals surface area contributed by atoms with Crippen LogP contribution < -0.4 is 115 Å². The van der Waals surface area contributed by atoms with Gasteiger partial charge in [0.1, 0.15) is 42.3 Å². The van der Waals surface area contributed by atoms with E-state index in [1.54, 1.807) is 18.2 Å². The van der Waals surface area contributed by atoms with Crippen LogP contribution >= 0.6 is 11.6 Å². The lowest BCUT2D eigenvalue weighted by Crippen LogP contribution is -2.62. The van der Waals surface area contributed by atoms with Crippen LogP contribution in [0.5, 0.6) is 0 Å². The maximum Gasteiger partial charge on any atom is 0.328 e. The summed E-state index contributed by atoms with van der Waals surface area (Å²) in [5.41, 5.74) is 12.7. The average molecular weight is 1810 g/mol. The number of aryl methyl sites for hydroxylation is 1. The van der Waals surface area contributed by atoms with Gasteiger partial charge in [-0.25, -0.2) is 19.4 Å². The number of para-hydroxylation sites is 4. The van der Waals surface area contributed by atoms with E-state index in [1.807, 2.05) is 48.5 Å². The number of pyridine rings is 1. The number of nitrogens with one attached hydrogen (secondary N) is 17. The van der Waals surface area contributed by atoms with Crippen molar-refractivity contribution in [2.45, 2.75) is 166 Å². The second kappa shape index (κ2) is 46.3. The smallest absolute Gasteiger partial charge is 0.328 e. The minimum atomic E-state index is -2.25. The number of carbonyl (C=O) groups is 12. The van der Waals surface area contributed by atoms with Crippen molar-refractivity contribution in [1.29, 1.82) is 10.8 Å². The molecule has 1 fully saturated rings. The van der Waals surface area contributed by atoms with E-state index in [-0.39, 0.29) is 102 Å². The molecule has 0 bridgehead atoms. The number of unbranched alkanes of at least 4 members (excludes halogenated alkanes) is 1. The first kappa shape index (κ1) is 97.0. The van der Waals surface area contributed by atoms with Crippen LogP contribution in [0.3, 0.4) is 0 Å². The summed E-state index contributed by atoms with van der Waals surface area (Å²) in [6.45, 7) is -3.04. The van der Waals surface area contributed by atoms with Gasteiger partial charge in [0, 0.05) is 60.7 Å². The largest absolute Gasteiger partial charge is 0.370 e. The minimum Gasteiger partial charge on any atom is -0.370 e. The van der Waals surface area contributed by atoms with E-state index in [0.717, 1.165) is 22.1 Å². The summed E-state index contributed by atoms with van der Waals surface area (Å²) in [6, 6.07) is 19.9. The number of hydrogen-bond acceptors (Lipinski definition) is 21. The van der Waals surface area contributed by atoms with Crippen molar-refractivity contribution in [3.8, 4) is 0 Å². The van der Waals surface area contributed by atoms with Gasteiger partial charge in [-0.05, 0) is 118 Å². The second-order valence-corrected chi connectivity index (χ2v) is 31.9. The SMILES string of the molecule is CC(=O)N[C@@H](CCCCNC(=O)c1c2ccccc2nc2ccccc12)C(=O)NCC(=O)NCC(=O)N[C@@H](CCCNC(=N)N)C(=O)N(CC(=O)N[C@@H](CC1CCCCC1)C(=O)N[C@H](Cn1c(=O)[nH]c2ccccc2c1=O)C(=O)N[C@H](Cn1c(=O)[nH]c2ccccc2c1=O)C(=O)N[C@H](Cn1cc(C)c(=O)[nH]c1=O)C(=O)N[C@@H](CCCNC(=N)N)C(N)=O)Cc1cccc(Cl)c1. The summed E-state index contributed by atoms with van der Waals surface area (Å²) in [6.07, 6.45) is 4.65. The van der Waals surface area contributed by atoms with E-state index in [2.05, 4.69) is 83.7 Å². The van der Waals surface area contributed by atoms with Crippen molar-refractivity contribution < 1.29 is 57.5 Å². The van der Waals surface area contributed by atoms with E-state index < -0.39 is 199 Å². The zero-order chi connectivity index (χ0) is 93.8. The number of nitrogens with two attached hydrogens (primary N) is 3. The van der Waals surface area contributed by atoms with Crippen molar-refractivity contribution in [3.05, 3.63) is 212 Å². The third-order valence-electron chi connectivity index (χ3n) is 21.7. The molecule has 1 aliphatic carbocycles. The van der Waals surface area contributed by atoms with Crippen LogP contribution in [0.4, 0.5) is 0 Å². The highest BCUT2D eigenvalue weighted by molar-refractivity contribution is 6.30. The fraction of sp³-hybridized carbons (Fsp3) is 0.384. The van der Waals surface area contributed by atoms with Gasteiger partial charge in [-0.2, -0.15) is 0 Å². The van der Waals surface area contributed by atoms with Gasteiger partial charge in [0.2, 0.25) is 65.0 Å². The Labute approximate surface area is 745 Å². The number of halogens is 1. The van der Waals surface area contributed by atoms with Crippen LogP contribution in [-0.2, 0) is 78.9 Å². The number of H-pyrrole nitrogens is 3. The molecule has 9 aromatic rings. The molecule has 5 aromatic carbocycles. The van der Waals surface area contributed by atoms with Gasteiger partial charge in [0.25, 0.3) is 22.6 Å². The maximum absolute atomic E-state index is 15.7. The highest BCUT2D eigenvalue weighted by Crippen LogP contribution is 2.29. The number of nitrogens with zero attached hydrogens (tertiary/aromatic N) is 5. The molecule has 44 heteroatoms. The lowest BCUT2D eigenvalue weighted by atomic mass is 9.84. The van der Waals surface area contributed by atoms with Gasteiger partial charge in [-0.1, -0.05) is 117 Å². The highest BCUT2D eigenvalue weighted by atomic mass is 35.5. The molecule has 0 aliphatic heterocycles. The zero-order valence-electron chi connectivity index (χ0n) is 71.2. The van der Waals surface area contributed by atoms with Gasteiger partial charge in [-0.3, -0.25) is 101 Å². The van der Waals surface area contributed by atoms with Gasteiger partial charge in [-0.15, -0.1) is 0 Å². The first-order valence-electron chi connectivity index (χ1n) is 42.1. The van der Waals surface area contributed by atoms with Crippen LogP contribution in [0.15, 0.2) is 156 Å². The maximum atomic E-state index is 15.7. The van der Waals surface area contributed by atoms with Crippen LogP contribution in [0, 0.1) is 23.7 Å². The molecular formula is C86H104ClN25O18. The third kappa shape index (κ3) is 27.4. The number of rotatable bonds is 44. The Hall–Kier alpha value is -15.2. The Balaban J connectivity index is 0.896. The van der Waals surface area contributed by atoms with Crippen LogP contribution in [0.2, 0.25) is 5.02 Å². The Morgan fingerprint density at radius 1 is 0.492 bits per heavy atom. The Morgan fingerprint density at radius 3 is 1.53 bits per heavy atom. The van der Waals surface area contributed by atoms with E-state index in [9.17, 15) is 62.3 Å². The topological polar surface area (TPSA) is 656 Å². The predicted octanol–water partition coefficient (Wildman–Crippen LogP) is -2.14. The molecule has 0 radical (unpaired) electrons. The molecule has 1 aliphatic rings. The predicted molar refractivity (Wildman–Crippen MR) is 480 cm³/mol. The fourth-order valence-corrected chi connectivity index (χ4v) is 15.4. The number of carbonyl (C=O) groups excluding carboxylic acids is 12. The summed E-state index contributed by atoms with van der Waals surface area (Å²) < 4.78 is 1.89. The molecule has 0 unspecified atom stereocenters. The minimum absolute atomic E-state index is 0.0105. The third-order valence-corrected chi connectivity index (χ3v) is 21.9. The van der Waals surface area contributed by atoms with Gasteiger partial charge in [0.05, 0.1) is 77.7 Å². The number of guanidine groups is 2. The van der Waals surface area contributed by atoms with Crippen molar-refractivity contribution in [2.24, 2.45) is 23.1 Å². The second-order valence-electron chi connectivity index (χ2n) is 31.4. The molecule has 0 spiro atoms. The Morgan fingerprint density at radius 2 is 0.985 bits per heavy atom. The average Bonchev–Trinajstić information content (AvgIpc) is 0.766. The standard InChI is InChI=1S/C86H104ClN25O18/c1-47-41-110(84(128)108-72(47)118)43-64(75(121)102-60(71(88)117)32-17-35-94-82(89)90)103-76(122)66(45-112-80(126)55-26-9-13-30-59(55)107-86(112)130)105-77(123)65(44-111-79(125)54-25-8-12-29-58(54)106-85(111)129)104-74(120)63(38-49-19-4-3-5-20-49)101-69(116)46-109(42-50-21-16-22-51(87)37-50)81(127)62(33-18-36-95-83(91)92)100-68(115)40-96-67(114)39-97-73(119)61(98-48(2)113)31-14-15-34-93-78(124)70-52-23-6-10-27-56(52)99-57-28-11-7-24-53(57)70/h6-13,16,21-30,37,41,49,60-66H,3-5,14-15,17-20,31-36,38-40,42-46H2,1-2H3,(H2,88,117)(H,93,124)(H,96,114)(H,97,119)(H,98,113)(H,100,115)(H,101,116)(H,102,121)(H,103,122)(H,104,120)(H,105,123)(H,106,129)(H,107,130)(H4,89,90,94)(H4,91,92,95)(H,108,118,128)/t60-,61-,62-,63-,64+,65+,66+/m0/s1. The first-order chi connectivity index (χ1) is 62.2. The molecule has 0 saturated heterocycles. The van der Waals surface area contributed by atoms with Crippen LogP contribution in [-0.4, -0.2) is 203 Å². The molecule has 1 saturated carbocycles. The van der Waals surface area contributed by atoms with Crippen LogP contribution in [0.1, 0.15) is 112 Å². The number of hydrogen-bond donors (Lipinski definition) is 20. The molecule has 130 heavy (non-hydrogen) atoms. The van der Waals surface area contributed by atoms with Gasteiger partial charge >= 0.3 is 17.1 Å². The number of aromatic nitrogens is 7. The Kier molecular flexibility index (Phi) is 34.6. The number of amides is 12. The lowest BCUT2D eigenvalue weighted by molar-refractivity contribution is -0.141. The first-order valence-corrected chi connectivity index (χ1v) is 42.5. The number of fused-ring (bicyclic) bond motifs is 4. The number of benzene rings is 5. The van der Waals surface area contributed by atoms with Crippen molar-refractivity contribution in [2.75, 3.05) is 39.3 Å². The Bertz CT molecular complexity index is 6110. The molecule has 43 nitrogen and oxygen atoms in total. The summed E-state index contributed by atoms with van der Waals surface area (Å²) in [5, 5.41) is 47.3. The molecule has 23 N–H and O–H groups in total.